The second-order valence-corrected chi connectivity index (χ2v) is 4.46. The van der Waals surface area contributed by atoms with Crippen LogP contribution in [0.4, 0.5) is 8.78 Å². The van der Waals surface area contributed by atoms with Crippen molar-refractivity contribution in [1.29, 1.82) is 0 Å². The lowest BCUT2D eigenvalue weighted by Crippen LogP contribution is -2.37. The minimum absolute atomic E-state index is 0.346. The Labute approximate surface area is 94.9 Å². The molecule has 1 fully saturated rings. The van der Waals surface area contributed by atoms with E-state index in [2.05, 4.69) is 12.2 Å². The van der Waals surface area contributed by atoms with Crippen molar-refractivity contribution in [2.75, 3.05) is 6.54 Å². The van der Waals surface area contributed by atoms with Crippen molar-refractivity contribution in [2.45, 2.75) is 38.1 Å². The fourth-order valence-corrected chi connectivity index (χ4v) is 2.68. The molecule has 0 spiro atoms. The average molecular weight is 225 g/mol. The van der Waals surface area contributed by atoms with Crippen LogP contribution in [0.25, 0.3) is 0 Å². The van der Waals surface area contributed by atoms with Crippen LogP contribution in [0.2, 0.25) is 0 Å². The van der Waals surface area contributed by atoms with Crippen LogP contribution in [0.5, 0.6) is 0 Å². The molecule has 0 amide bonds. The number of hydrogen-bond donors (Lipinski definition) is 1. The van der Waals surface area contributed by atoms with Crippen LogP contribution in [0.15, 0.2) is 18.2 Å². The van der Waals surface area contributed by atoms with E-state index >= 15 is 0 Å². The lowest BCUT2D eigenvalue weighted by molar-refractivity contribution is 0.334. The Bertz CT molecular complexity index is 370. The first-order valence-electron chi connectivity index (χ1n) is 5.89. The Morgan fingerprint density at radius 1 is 1.38 bits per heavy atom. The molecule has 16 heavy (non-hydrogen) atoms. The van der Waals surface area contributed by atoms with E-state index in [9.17, 15) is 8.78 Å². The number of rotatable bonds is 3. The highest BCUT2D eigenvalue weighted by molar-refractivity contribution is 5.28. The zero-order chi connectivity index (χ0) is 11.6. The summed E-state index contributed by atoms with van der Waals surface area (Å²) in [6, 6.07) is 4.46. The molecular formula is C13H17F2N. The van der Waals surface area contributed by atoms with E-state index in [4.69, 9.17) is 0 Å². The molecule has 1 nitrogen and oxygen atoms in total. The van der Waals surface area contributed by atoms with E-state index in [0.29, 0.717) is 5.56 Å². The van der Waals surface area contributed by atoms with Gasteiger partial charge in [-0.05, 0) is 31.9 Å². The van der Waals surface area contributed by atoms with Crippen LogP contribution in [-0.2, 0) is 5.54 Å². The Morgan fingerprint density at radius 3 is 2.81 bits per heavy atom. The molecule has 1 aromatic rings. The zero-order valence-electron chi connectivity index (χ0n) is 9.52. The quantitative estimate of drug-likeness (QED) is 0.831. The summed E-state index contributed by atoms with van der Waals surface area (Å²) in [7, 11) is 0. The Kier molecular flexibility index (Phi) is 3.24. The molecule has 1 heterocycles. The van der Waals surface area contributed by atoms with Crippen LogP contribution in [-0.4, -0.2) is 6.54 Å². The first-order chi connectivity index (χ1) is 7.69. The van der Waals surface area contributed by atoms with Gasteiger partial charge in [0.15, 0.2) is 11.6 Å². The number of nitrogens with one attached hydrogen (secondary N) is 1. The molecule has 1 aliphatic rings. The maximum absolute atomic E-state index is 13.8. The van der Waals surface area contributed by atoms with Gasteiger partial charge in [0.25, 0.3) is 0 Å². The minimum atomic E-state index is -0.748. The molecule has 0 aromatic heterocycles. The summed E-state index contributed by atoms with van der Waals surface area (Å²) in [4.78, 5) is 0. The van der Waals surface area contributed by atoms with Crippen molar-refractivity contribution in [2.24, 2.45) is 0 Å². The van der Waals surface area contributed by atoms with Crippen LogP contribution in [0.3, 0.4) is 0 Å². The van der Waals surface area contributed by atoms with E-state index in [0.717, 1.165) is 32.2 Å². The second kappa shape index (κ2) is 4.50. The smallest absolute Gasteiger partial charge is 0.163 e. The number of benzene rings is 1. The highest BCUT2D eigenvalue weighted by Crippen LogP contribution is 2.37. The monoisotopic (exact) mass is 225 g/mol. The van der Waals surface area contributed by atoms with Gasteiger partial charge in [-0.1, -0.05) is 25.5 Å². The maximum atomic E-state index is 13.8. The standard InChI is InChI=1S/C13H17F2N/c1-2-7-13(8-4-9-16-13)10-5-3-6-11(14)12(10)15/h3,5-6,16H,2,4,7-9H2,1H3. The molecular weight excluding hydrogens is 208 g/mol. The molecule has 1 aliphatic heterocycles. The predicted molar refractivity (Wildman–Crippen MR) is 60.2 cm³/mol. The van der Waals surface area contributed by atoms with Crippen LogP contribution < -0.4 is 5.32 Å². The van der Waals surface area contributed by atoms with Crippen LogP contribution in [0.1, 0.15) is 38.2 Å². The van der Waals surface area contributed by atoms with E-state index in [1.807, 2.05) is 0 Å². The molecule has 3 heteroatoms. The van der Waals surface area contributed by atoms with Gasteiger partial charge in [-0.15, -0.1) is 0 Å². The normalized spacial score (nSPS) is 24.9. The zero-order valence-corrected chi connectivity index (χ0v) is 9.52. The minimum Gasteiger partial charge on any atom is -0.307 e. The fraction of sp³-hybridized carbons (Fsp3) is 0.538. The molecule has 0 aliphatic carbocycles. The summed E-state index contributed by atoms with van der Waals surface area (Å²) in [5.41, 5.74) is 0.146. The van der Waals surface area contributed by atoms with Crippen molar-refractivity contribution in [3.8, 4) is 0 Å². The fourth-order valence-electron chi connectivity index (χ4n) is 2.68. The van der Waals surface area contributed by atoms with E-state index in [-0.39, 0.29) is 5.54 Å². The molecule has 1 N–H and O–H groups in total. The number of halogens is 2. The second-order valence-electron chi connectivity index (χ2n) is 4.46. The molecule has 1 aromatic carbocycles. The molecule has 0 saturated carbocycles. The van der Waals surface area contributed by atoms with Crippen molar-refractivity contribution in [1.82, 2.24) is 5.32 Å². The maximum Gasteiger partial charge on any atom is 0.163 e. The van der Waals surface area contributed by atoms with Gasteiger partial charge in [0, 0.05) is 11.1 Å². The van der Waals surface area contributed by atoms with Gasteiger partial charge in [-0.25, -0.2) is 8.78 Å². The highest BCUT2D eigenvalue weighted by atomic mass is 19.2. The first kappa shape index (κ1) is 11.5. The Balaban J connectivity index is 2.42. The summed E-state index contributed by atoms with van der Waals surface area (Å²) in [5.74, 6) is -1.44. The first-order valence-corrected chi connectivity index (χ1v) is 5.89. The van der Waals surface area contributed by atoms with Gasteiger partial charge in [0.2, 0.25) is 0 Å². The number of hydrogen-bond acceptors (Lipinski definition) is 1. The van der Waals surface area contributed by atoms with E-state index < -0.39 is 11.6 Å². The summed E-state index contributed by atoms with van der Waals surface area (Å²) in [5, 5.41) is 3.35. The summed E-state index contributed by atoms with van der Waals surface area (Å²) >= 11 is 0. The van der Waals surface area contributed by atoms with E-state index in [1.54, 1.807) is 12.1 Å². The third-order valence-corrected chi connectivity index (χ3v) is 3.39. The van der Waals surface area contributed by atoms with Crippen molar-refractivity contribution in [3.05, 3.63) is 35.4 Å². The van der Waals surface area contributed by atoms with Gasteiger partial charge < -0.3 is 5.32 Å². The van der Waals surface area contributed by atoms with Crippen molar-refractivity contribution < 1.29 is 8.78 Å². The molecule has 1 saturated heterocycles. The molecule has 1 atom stereocenters. The third kappa shape index (κ3) is 1.84. The lowest BCUT2D eigenvalue weighted by Gasteiger charge is -2.30. The molecule has 88 valence electrons. The van der Waals surface area contributed by atoms with E-state index in [1.165, 1.54) is 6.07 Å². The SMILES string of the molecule is CCCC1(c2cccc(F)c2F)CCCN1. The lowest BCUT2D eigenvalue weighted by atomic mass is 9.84. The Hall–Kier alpha value is -0.960. The van der Waals surface area contributed by atoms with Crippen LogP contribution >= 0.6 is 0 Å². The Morgan fingerprint density at radius 2 is 2.19 bits per heavy atom. The molecule has 1 unspecified atom stereocenters. The summed E-state index contributed by atoms with van der Waals surface area (Å²) in [6.07, 6.45) is 3.73. The molecule has 2 rings (SSSR count). The topological polar surface area (TPSA) is 12.0 Å². The third-order valence-electron chi connectivity index (χ3n) is 3.39. The van der Waals surface area contributed by atoms with Gasteiger partial charge in [-0.3, -0.25) is 0 Å². The predicted octanol–water partition coefficient (Wildman–Crippen LogP) is 3.34. The average Bonchev–Trinajstić information content (AvgIpc) is 2.72. The highest BCUT2D eigenvalue weighted by Gasteiger charge is 2.36. The molecule has 0 bridgehead atoms. The van der Waals surface area contributed by atoms with Gasteiger partial charge in [-0.2, -0.15) is 0 Å². The van der Waals surface area contributed by atoms with Gasteiger partial charge in [0.1, 0.15) is 0 Å². The molecule has 0 radical (unpaired) electrons. The van der Waals surface area contributed by atoms with Crippen molar-refractivity contribution >= 4 is 0 Å². The van der Waals surface area contributed by atoms with Crippen molar-refractivity contribution in [3.63, 3.8) is 0 Å². The van der Waals surface area contributed by atoms with Gasteiger partial charge in [0.05, 0.1) is 0 Å². The largest absolute Gasteiger partial charge is 0.307 e. The van der Waals surface area contributed by atoms with Gasteiger partial charge >= 0.3 is 0 Å². The summed E-state index contributed by atoms with van der Waals surface area (Å²) in [6.45, 7) is 2.95. The van der Waals surface area contributed by atoms with Crippen LogP contribution in [0, 0.1) is 11.6 Å². The summed E-state index contributed by atoms with van der Waals surface area (Å²) < 4.78 is 27.0.